The van der Waals surface area contributed by atoms with Crippen LogP contribution in [0.15, 0.2) is 59.1 Å². The number of carbonyl (C=O) groups excluding carboxylic acids is 3. The number of imide groups is 1. The first kappa shape index (κ1) is 22.2. The zero-order chi connectivity index (χ0) is 23.4. The lowest BCUT2D eigenvalue weighted by molar-refractivity contribution is -0.384. The molecule has 32 heavy (non-hydrogen) atoms. The summed E-state index contributed by atoms with van der Waals surface area (Å²) < 4.78 is 10.0. The average molecular weight is 439 g/mol. The Kier molecular flexibility index (Phi) is 6.29. The SMILES string of the molecule is CCOC(=O)C(C1=NC(=O)N(c2ccc([N+](=O)[O-])cc2OC)C1=O)=C(O)c1ccccc1. The van der Waals surface area contributed by atoms with Crippen molar-refractivity contribution in [2.24, 2.45) is 4.99 Å². The highest BCUT2D eigenvalue weighted by molar-refractivity contribution is 6.62. The summed E-state index contributed by atoms with van der Waals surface area (Å²) in [5, 5.41) is 21.7. The normalized spacial score (nSPS) is 14.1. The Morgan fingerprint density at radius 1 is 1.19 bits per heavy atom. The van der Waals surface area contributed by atoms with E-state index < -0.39 is 39.9 Å². The first-order valence-corrected chi connectivity index (χ1v) is 9.25. The fourth-order valence-electron chi connectivity index (χ4n) is 2.98. The number of amides is 3. The molecule has 2 aromatic carbocycles. The van der Waals surface area contributed by atoms with Crippen LogP contribution in [-0.4, -0.2) is 47.4 Å². The second-order valence-corrected chi connectivity index (χ2v) is 6.31. The minimum absolute atomic E-state index is 0.0558. The molecule has 0 radical (unpaired) electrons. The van der Waals surface area contributed by atoms with Gasteiger partial charge in [-0.05, 0) is 13.0 Å². The number of aliphatic imine (C=N–C) groups is 1. The molecule has 1 aliphatic heterocycles. The molecular formula is C21H17N3O8. The minimum atomic E-state index is -1.07. The van der Waals surface area contributed by atoms with E-state index in [2.05, 4.69) is 4.99 Å². The number of aliphatic hydroxyl groups is 1. The summed E-state index contributed by atoms with van der Waals surface area (Å²) in [6.45, 7) is 1.48. The average Bonchev–Trinajstić information content (AvgIpc) is 3.07. The van der Waals surface area contributed by atoms with E-state index in [9.17, 15) is 29.6 Å². The first-order chi connectivity index (χ1) is 15.3. The highest BCUT2D eigenvalue weighted by Crippen LogP contribution is 2.35. The van der Waals surface area contributed by atoms with E-state index in [0.29, 0.717) is 4.90 Å². The zero-order valence-corrected chi connectivity index (χ0v) is 17.0. The van der Waals surface area contributed by atoms with Gasteiger partial charge in [0.2, 0.25) is 0 Å². The van der Waals surface area contributed by atoms with Crippen LogP contribution in [0.1, 0.15) is 12.5 Å². The predicted molar refractivity (Wildman–Crippen MR) is 113 cm³/mol. The smallest absolute Gasteiger partial charge is 0.356 e. The summed E-state index contributed by atoms with van der Waals surface area (Å²) in [4.78, 5) is 52.9. The summed E-state index contributed by atoms with van der Waals surface area (Å²) in [7, 11) is 1.21. The van der Waals surface area contributed by atoms with E-state index in [0.717, 1.165) is 18.2 Å². The van der Waals surface area contributed by atoms with Gasteiger partial charge >= 0.3 is 12.0 Å². The van der Waals surface area contributed by atoms with Gasteiger partial charge in [0, 0.05) is 11.6 Å². The standard InChI is InChI=1S/C21H17N3O8/c1-3-32-20(27)16(18(25)12-7-5-4-6-8-12)17-19(26)23(21(28)22-17)14-10-9-13(24(29)30)11-15(14)31-2/h4-11,25H,3H2,1-2H3. The van der Waals surface area contributed by atoms with Gasteiger partial charge in [0.1, 0.15) is 17.1 Å². The van der Waals surface area contributed by atoms with Crippen LogP contribution >= 0.6 is 0 Å². The molecule has 0 spiro atoms. The predicted octanol–water partition coefficient (Wildman–Crippen LogP) is 3.04. The molecule has 0 bridgehead atoms. The number of nitrogens with zero attached hydrogens (tertiary/aromatic N) is 3. The topological polar surface area (TPSA) is 149 Å². The van der Waals surface area contributed by atoms with Gasteiger partial charge in [-0.3, -0.25) is 14.9 Å². The number of rotatable bonds is 7. The second-order valence-electron chi connectivity index (χ2n) is 6.31. The van der Waals surface area contributed by atoms with Crippen LogP contribution in [0.3, 0.4) is 0 Å². The number of hydrogen-bond acceptors (Lipinski definition) is 8. The number of non-ortho nitro benzene ring substituents is 1. The van der Waals surface area contributed by atoms with Crippen molar-refractivity contribution in [3.63, 3.8) is 0 Å². The molecule has 11 nitrogen and oxygen atoms in total. The molecule has 0 aromatic heterocycles. The highest BCUT2D eigenvalue weighted by atomic mass is 16.6. The van der Waals surface area contributed by atoms with Crippen LogP contribution < -0.4 is 9.64 Å². The number of nitro groups is 1. The molecular weight excluding hydrogens is 422 g/mol. The molecule has 1 heterocycles. The summed E-state index contributed by atoms with van der Waals surface area (Å²) in [5.74, 6) is -2.81. The first-order valence-electron chi connectivity index (χ1n) is 9.25. The number of aliphatic hydroxyl groups excluding tert-OH is 1. The van der Waals surface area contributed by atoms with Crippen molar-refractivity contribution >= 4 is 40.8 Å². The van der Waals surface area contributed by atoms with E-state index >= 15 is 0 Å². The van der Waals surface area contributed by atoms with Crippen LogP contribution in [-0.2, 0) is 14.3 Å². The molecule has 0 fully saturated rings. The Balaban J connectivity index is 2.10. The van der Waals surface area contributed by atoms with E-state index in [1.807, 2.05) is 0 Å². The molecule has 2 aromatic rings. The zero-order valence-electron chi connectivity index (χ0n) is 17.0. The van der Waals surface area contributed by atoms with Gasteiger partial charge in [-0.25, -0.2) is 14.5 Å². The van der Waals surface area contributed by atoms with Crippen molar-refractivity contribution in [2.75, 3.05) is 18.6 Å². The van der Waals surface area contributed by atoms with Gasteiger partial charge in [-0.2, -0.15) is 4.99 Å². The van der Waals surface area contributed by atoms with Crippen LogP contribution in [0, 0.1) is 10.1 Å². The fraction of sp³-hybridized carbons (Fsp3) is 0.143. The largest absolute Gasteiger partial charge is 0.506 e. The molecule has 0 aliphatic carbocycles. The highest BCUT2D eigenvalue weighted by Gasteiger charge is 2.42. The summed E-state index contributed by atoms with van der Waals surface area (Å²) in [5.41, 5.74) is -1.45. The van der Waals surface area contributed by atoms with Crippen molar-refractivity contribution in [2.45, 2.75) is 6.92 Å². The number of methoxy groups -OCH3 is 1. The number of benzene rings is 2. The summed E-state index contributed by atoms with van der Waals surface area (Å²) in [6.07, 6.45) is 0. The maximum Gasteiger partial charge on any atom is 0.356 e. The van der Waals surface area contributed by atoms with E-state index in [1.54, 1.807) is 18.2 Å². The molecule has 164 valence electrons. The van der Waals surface area contributed by atoms with Gasteiger partial charge in [0.05, 0.1) is 30.4 Å². The Morgan fingerprint density at radius 2 is 1.88 bits per heavy atom. The molecule has 3 rings (SSSR count). The Bertz CT molecular complexity index is 1170. The quantitative estimate of drug-likeness (QED) is 0.227. The van der Waals surface area contributed by atoms with E-state index in [4.69, 9.17) is 9.47 Å². The molecule has 3 amide bonds. The maximum atomic E-state index is 13.1. The summed E-state index contributed by atoms with van der Waals surface area (Å²) >= 11 is 0. The Hall–Kier alpha value is -4.54. The monoisotopic (exact) mass is 439 g/mol. The number of hydrogen-bond donors (Lipinski definition) is 1. The lowest BCUT2D eigenvalue weighted by Crippen LogP contribution is -2.35. The van der Waals surface area contributed by atoms with Crippen molar-refractivity contribution < 1.29 is 33.9 Å². The second kappa shape index (κ2) is 9.08. The van der Waals surface area contributed by atoms with Crippen molar-refractivity contribution in [1.82, 2.24) is 0 Å². The minimum Gasteiger partial charge on any atom is -0.506 e. The molecule has 1 N–H and O–H groups in total. The van der Waals surface area contributed by atoms with Crippen LogP contribution in [0.4, 0.5) is 16.2 Å². The van der Waals surface area contributed by atoms with Gasteiger partial charge in [-0.15, -0.1) is 0 Å². The van der Waals surface area contributed by atoms with Gasteiger partial charge < -0.3 is 14.6 Å². The molecule has 0 unspecified atom stereocenters. The number of ether oxygens (including phenoxy) is 2. The molecule has 0 saturated heterocycles. The molecule has 0 saturated carbocycles. The summed E-state index contributed by atoms with van der Waals surface area (Å²) in [6, 6.07) is 10.1. The van der Waals surface area contributed by atoms with Crippen molar-refractivity contribution in [1.29, 1.82) is 0 Å². The third-order valence-electron chi connectivity index (χ3n) is 4.42. The number of esters is 1. The molecule has 0 atom stereocenters. The molecule has 11 heteroatoms. The van der Waals surface area contributed by atoms with Crippen LogP contribution in [0.5, 0.6) is 5.75 Å². The Morgan fingerprint density at radius 3 is 2.47 bits per heavy atom. The van der Waals surface area contributed by atoms with Crippen molar-refractivity contribution in [3.8, 4) is 5.75 Å². The maximum absolute atomic E-state index is 13.1. The third-order valence-corrected chi connectivity index (χ3v) is 4.42. The number of anilines is 1. The molecule has 1 aliphatic rings. The fourth-order valence-corrected chi connectivity index (χ4v) is 2.98. The number of carbonyl (C=O) groups is 3. The lowest BCUT2D eigenvalue weighted by Gasteiger charge is -2.17. The van der Waals surface area contributed by atoms with Crippen molar-refractivity contribution in [3.05, 3.63) is 69.8 Å². The van der Waals surface area contributed by atoms with Crippen LogP contribution in [0.25, 0.3) is 5.76 Å². The van der Waals surface area contributed by atoms with E-state index in [-0.39, 0.29) is 29.3 Å². The van der Waals surface area contributed by atoms with Gasteiger partial charge in [-0.1, -0.05) is 30.3 Å². The van der Waals surface area contributed by atoms with E-state index in [1.165, 1.54) is 26.2 Å². The van der Waals surface area contributed by atoms with Gasteiger partial charge in [0.15, 0.2) is 5.71 Å². The lowest BCUT2D eigenvalue weighted by atomic mass is 10.0. The number of nitro benzene ring substituents is 1. The van der Waals surface area contributed by atoms with Crippen LogP contribution in [0.2, 0.25) is 0 Å². The van der Waals surface area contributed by atoms with Gasteiger partial charge in [0.25, 0.3) is 11.6 Å². The third kappa shape index (κ3) is 4.03. The number of urea groups is 1. The Labute approximate surface area is 181 Å².